The van der Waals surface area contributed by atoms with E-state index < -0.39 is 10.0 Å². The molecule has 1 aliphatic heterocycles. The van der Waals surface area contributed by atoms with Crippen molar-refractivity contribution in [3.63, 3.8) is 0 Å². The van der Waals surface area contributed by atoms with Crippen LogP contribution in [-0.2, 0) is 23.5 Å². The maximum Gasteiger partial charge on any atom is 0.275 e. The number of β-amino-alcohol motifs (C(OH)–C–C–N with tert-alkyl or cyclic N) is 1. The highest BCUT2D eigenvalue weighted by molar-refractivity contribution is 14.1. The molecule has 10 nitrogen and oxygen atoms in total. The molecular formula is C24H32IN5O5S. The van der Waals surface area contributed by atoms with Crippen LogP contribution < -0.4 is 10.3 Å². The van der Waals surface area contributed by atoms with Crippen LogP contribution in [0, 0.1) is 3.70 Å². The number of nitrogens with one attached hydrogen (secondary N) is 1. The highest BCUT2D eigenvalue weighted by Gasteiger charge is 2.29. The fraction of sp³-hybridized carbons (Fsp3) is 0.500. The molecule has 0 saturated carbocycles. The number of aliphatic hydroxyl groups excluding tert-OH is 1. The first-order valence-electron chi connectivity index (χ1n) is 12.1. The average Bonchev–Trinajstić information content (AvgIpc) is 3.10. The second-order valence-electron chi connectivity index (χ2n) is 8.75. The van der Waals surface area contributed by atoms with Crippen LogP contribution in [-0.4, -0.2) is 83.2 Å². The Kier molecular flexibility index (Phi) is 8.39. The summed E-state index contributed by atoms with van der Waals surface area (Å²) >= 11 is 2.23. The Labute approximate surface area is 224 Å². The van der Waals surface area contributed by atoms with E-state index in [1.165, 1.54) is 16.4 Å². The lowest BCUT2D eigenvalue weighted by Gasteiger charge is -2.33. The minimum absolute atomic E-state index is 0.0466. The van der Waals surface area contributed by atoms with Crippen LogP contribution in [0.25, 0.3) is 22.4 Å². The van der Waals surface area contributed by atoms with Gasteiger partial charge in [-0.25, -0.2) is 13.4 Å². The highest BCUT2D eigenvalue weighted by Crippen LogP contribution is 2.33. The second-order valence-corrected chi connectivity index (χ2v) is 11.7. The molecule has 1 aliphatic rings. The van der Waals surface area contributed by atoms with Crippen LogP contribution in [0.5, 0.6) is 5.75 Å². The molecule has 36 heavy (non-hydrogen) atoms. The van der Waals surface area contributed by atoms with E-state index in [4.69, 9.17) is 14.8 Å². The molecule has 0 amide bonds. The minimum atomic E-state index is -3.77. The average molecular weight is 630 g/mol. The first kappa shape index (κ1) is 27.0. The van der Waals surface area contributed by atoms with Crippen molar-refractivity contribution in [1.82, 2.24) is 23.7 Å². The standard InChI is InChI=1S/C24H32IN5O5S/c1-4-6-17-20-21(28(3)22(17)25)24(32)27-23(26-20)18-15-16(7-8-19(18)35-5-2)36(33,34)30-11-9-29(10-12-30)13-14-31/h7-8,15,31H,4-6,9-14H2,1-3H3,(H,26,27,32). The molecule has 1 fully saturated rings. The summed E-state index contributed by atoms with van der Waals surface area (Å²) in [6.45, 7) is 6.68. The number of nitrogens with zero attached hydrogens (tertiary/aromatic N) is 4. The first-order valence-corrected chi connectivity index (χ1v) is 14.6. The van der Waals surface area contributed by atoms with Gasteiger partial charge in [-0.05, 0) is 54.1 Å². The topological polar surface area (TPSA) is 121 Å². The number of halogens is 1. The first-order chi connectivity index (χ1) is 17.2. The van der Waals surface area contributed by atoms with Gasteiger partial charge in [-0.3, -0.25) is 9.69 Å². The fourth-order valence-corrected chi connectivity index (χ4v) is 6.82. The van der Waals surface area contributed by atoms with E-state index >= 15 is 0 Å². The predicted molar refractivity (Wildman–Crippen MR) is 147 cm³/mol. The van der Waals surface area contributed by atoms with E-state index in [0.29, 0.717) is 61.7 Å². The lowest BCUT2D eigenvalue weighted by molar-refractivity contribution is 0.151. The predicted octanol–water partition coefficient (Wildman–Crippen LogP) is 2.18. The molecule has 1 aromatic carbocycles. The summed E-state index contributed by atoms with van der Waals surface area (Å²) in [6, 6.07) is 4.70. The largest absolute Gasteiger partial charge is 0.493 e. The van der Waals surface area contributed by atoms with Crippen LogP contribution in [0.4, 0.5) is 0 Å². The van der Waals surface area contributed by atoms with Gasteiger partial charge in [0.25, 0.3) is 5.56 Å². The molecule has 1 saturated heterocycles. The molecule has 0 bridgehead atoms. The van der Waals surface area contributed by atoms with Crippen molar-refractivity contribution in [3.05, 3.63) is 37.8 Å². The summed E-state index contributed by atoms with van der Waals surface area (Å²) in [5, 5.41) is 9.16. The zero-order valence-electron chi connectivity index (χ0n) is 20.8. The molecule has 196 valence electrons. The lowest BCUT2D eigenvalue weighted by atomic mass is 10.1. The molecular weight excluding hydrogens is 597 g/mol. The Balaban J connectivity index is 1.80. The Morgan fingerprint density at radius 3 is 2.56 bits per heavy atom. The molecule has 0 atom stereocenters. The number of rotatable bonds is 9. The van der Waals surface area contributed by atoms with Crippen LogP contribution in [0.15, 0.2) is 27.9 Å². The summed E-state index contributed by atoms with van der Waals surface area (Å²) in [7, 11) is -1.92. The Morgan fingerprint density at radius 2 is 1.92 bits per heavy atom. The van der Waals surface area contributed by atoms with Crippen molar-refractivity contribution in [2.24, 2.45) is 7.05 Å². The van der Waals surface area contributed by atoms with Gasteiger partial charge in [0.05, 0.1) is 27.4 Å². The second kappa shape index (κ2) is 11.2. The lowest BCUT2D eigenvalue weighted by Crippen LogP contribution is -2.49. The van der Waals surface area contributed by atoms with E-state index in [1.807, 2.05) is 23.4 Å². The summed E-state index contributed by atoms with van der Waals surface area (Å²) in [4.78, 5) is 23.0. The number of hydrogen-bond acceptors (Lipinski definition) is 7. The van der Waals surface area contributed by atoms with E-state index in [0.717, 1.165) is 22.1 Å². The van der Waals surface area contributed by atoms with Crippen LogP contribution in [0.2, 0.25) is 0 Å². The van der Waals surface area contributed by atoms with Crippen molar-refractivity contribution in [1.29, 1.82) is 0 Å². The molecule has 12 heteroatoms. The quantitative estimate of drug-likeness (QED) is 0.349. The zero-order chi connectivity index (χ0) is 26.0. The fourth-order valence-electron chi connectivity index (χ4n) is 4.61. The monoisotopic (exact) mass is 629 g/mol. The number of aryl methyl sites for hydroxylation is 2. The SMILES string of the molecule is CCCc1c(I)n(C)c2c(=O)[nH]c(-c3cc(S(=O)(=O)N4CCN(CCO)CC4)ccc3OCC)nc12. The van der Waals surface area contributed by atoms with Gasteiger partial charge in [0.2, 0.25) is 10.0 Å². The third kappa shape index (κ3) is 5.05. The molecule has 0 aliphatic carbocycles. The van der Waals surface area contributed by atoms with Crippen molar-refractivity contribution in [2.45, 2.75) is 31.6 Å². The highest BCUT2D eigenvalue weighted by atomic mass is 127. The Bertz CT molecular complexity index is 1410. The molecule has 2 N–H and O–H groups in total. The van der Waals surface area contributed by atoms with Gasteiger partial charge in [-0.15, -0.1) is 0 Å². The number of aromatic amines is 1. The van der Waals surface area contributed by atoms with Crippen LogP contribution >= 0.6 is 22.6 Å². The van der Waals surface area contributed by atoms with Gasteiger partial charge < -0.3 is 19.4 Å². The van der Waals surface area contributed by atoms with E-state index in [-0.39, 0.29) is 22.9 Å². The van der Waals surface area contributed by atoms with E-state index in [1.54, 1.807) is 6.07 Å². The number of aromatic nitrogens is 3. The third-order valence-corrected chi connectivity index (χ3v) is 9.72. The van der Waals surface area contributed by atoms with Gasteiger partial charge in [0.1, 0.15) is 22.6 Å². The number of ether oxygens (including phenoxy) is 1. The smallest absolute Gasteiger partial charge is 0.275 e. The Morgan fingerprint density at radius 1 is 1.19 bits per heavy atom. The number of sulfonamides is 1. The molecule has 0 radical (unpaired) electrons. The molecule has 0 unspecified atom stereocenters. The Hall–Kier alpha value is -2.00. The maximum absolute atomic E-state index is 13.5. The van der Waals surface area contributed by atoms with Gasteiger partial charge in [0.15, 0.2) is 0 Å². The molecule has 3 aromatic rings. The number of hydrogen-bond donors (Lipinski definition) is 2. The van der Waals surface area contributed by atoms with Gasteiger partial charge in [0, 0.05) is 45.3 Å². The number of piperazine rings is 1. The van der Waals surface area contributed by atoms with Crippen LogP contribution in [0.3, 0.4) is 0 Å². The third-order valence-electron chi connectivity index (χ3n) is 6.45. The number of aliphatic hydroxyl groups is 1. The van der Waals surface area contributed by atoms with E-state index in [9.17, 15) is 13.2 Å². The number of benzene rings is 1. The molecule has 2 aromatic heterocycles. The van der Waals surface area contributed by atoms with Crippen LogP contribution in [0.1, 0.15) is 25.8 Å². The van der Waals surface area contributed by atoms with Crippen molar-refractivity contribution >= 4 is 43.6 Å². The number of fused-ring (bicyclic) bond motifs is 1. The minimum Gasteiger partial charge on any atom is -0.493 e. The maximum atomic E-state index is 13.5. The van der Waals surface area contributed by atoms with Gasteiger partial charge >= 0.3 is 0 Å². The summed E-state index contributed by atoms with van der Waals surface area (Å²) < 4.78 is 37.0. The normalized spacial score (nSPS) is 15.6. The molecule has 0 spiro atoms. The van der Waals surface area contributed by atoms with Crippen molar-refractivity contribution in [3.8, 4) is 17.1 Å². The van der Waals surface area contributed by atoms with E-state index in [2.05, 4.69) is 34.5 Å². The van der Waals surface area contributed by atoms with Gasteiger partial charge in [-0.2, -0.15) is 4.31 Å². The molecule has 3 heterocycles. The summed E-state index contributed by atoms with van der Waals surface area (Å²) in [6.07, 6.45) is 1.68. The summed E-state index contributed by atoms with van der Waals surface area (Å²) in [5.41, 5.74) is 2.27. The molecule has 4 rings (SSSR count). The number of H-pyrrole nitrogens is 1. The zero-order valence-corrected chi connectivity index (χ0v) is 23.7. The van der Waals surface area contributed by atoms with Gasteiger partial charge in [-0.1, -0.05) is 13.3 Å². The van der Waals surface area contributed by atoms with Crippen molar-refractivity contribution < 1.29 is 18.3 Å². The summed E-state index contributed by atoms with van der Waals surface area (Å²) in [5.74, 6) is 0.731. The van der Waals surface area contributed by atoms with Crippen molar-refractivity contribution in [2.75, 3.05) is 45.9 Å².